The van der Waals surface area contributed by atoms with Gasteiger partial charge in [-0.25, -0.2) is 4.98 Å². The van der Waals surface area contributed by atoms with Crippen LogP contribution in [0.2, 0.25) is 0 Å². The van der Waals surface area contributed by atoms with Gasteiger partial charge in [0.05, 0.1) is 6.33 Å². The van der Waals surface area contributed by atoms with E-state index < -0.39 is 0 Å². The number of rotatable bonds is 5. The second-order valence-corrected chi connectivity index (χ2v) is 2.66. The van der Waals surface area contributed by atoms with Crippen LogP contribution in [-0.2, 0) is 9.47 Å². The van der Waals surface area contributed by atoms with Gasteiger partial charge >= 0.3 is 0 Å². The molecule has 4 nitrogen and oxygen atoms in total. The van der Waals surface area contributed by atoms with E-state index >= 15 is 0 Å². The van der Waals surface area contributed by atoms with Crippen LogP contribution in [0.25, 0.3) is 0 Å². The van der Waals surface area contributed by atoms with Crippen LogP contribution in [0.3, 0.4) is 0 Å². The van der Waals surface area contributed by atoms with Gasteiger partial charge in [0.1, 0.15) is 5.69 Å². The second kappa shape index (κ2) is 4.99. The first-order valence-corrected chi connectivity index (χ1v) is 4.52. The smallest absolute Gasteiger partial charge is 0.202 e. The summed E-state index contributed by atoms with van der Waals surface area (Å²) < 4.78 is 10.8. The molecule has 0 radical (unpaired) electrons. The Balaban J connectivity index is 2.69. The summed E-state index contributed by atoms with van der Waals surface area (Å²) >= 11 is 0. The number of hydrogen-bond acceptors (Lipinski definition) is 3. The molecule has 0 unspecified atom stereocenters. The first kappa shape index (κ1) is 10.2. The van der Waals surface area contributed by atoms with Crippen LogP contribution in [0.5, 0.6) is 0 Å². The van der Waals surface area contributed by atoms with E-state index in [1.165, 1.54) is 0 Å². The van der Waals surface area contributed by atoms with Crippen LogP contribution in [0, 0.1) is 6.92 Å². The van der Waals surface area contributed by atoms with E-state index in [-0.39, 0.29) is 6.29 Å². The van der Waals surface area contributed by atoms with Crippen LogP contribution in [0.4, 0.5) is 0 Å². The normalized spacial score (nSPS) is 11.1. The van der Waals surface area contributed by atoms with Crippen molar-refractivity contribution in [2.24, 2.45) is 0 Å². The van der Waals surface area contributed by atoms with Gasteiger partial charge in [0.2, 0.25) is 6.29 Å². The number of nitrogens with one attached hydrogen (secondary N) is 1. The molecule has 0 aromatic carbocycles. The largest absolute Gasteiger partial charge is 0.348 e. The minimum absolute atomic E-state index is 0.332. The number of imidazole rings is 1. The minimum atomic E-state index is -0.332. The number of aromatic amines is 1. The lowest BCUT2D eigenvalue weighted by molar-refractivity contribution is -0.142. The quantitative estimate of drug-likeness (QED) is 0.710. The summed E-state index contributed by atoms with van der Waals surface area (Å²) in [6.07, 6.45) is 1.32. The van der Waals surface area contributed by atoms with Crippen molar-refractivity contribution in [2.75, 3.05) is 13.2 Å². The van der Waals surface area contributed by atoms with E-state index in [0.717, 1.165) is 11.4 Å². The van der Waals surface area contributed by atoms with E-state index in [1.54, 1.807) is 6.33 Å². The Labute approximate surface area is 78.3 Å². The average Bonchev–Trinajstić information content (AvgIpc) is 2.51. The lowest BCUT2D eigenvalue weighted by Gasteiger charge is -2.15. The number of aryl methyl sites for hydroxylation is 1. The third-order valence-corrected chi connectivity index (χ3v) is 1.73. The summed E-state index contributed by atoms with van der Waals surface area (Å²) in [5.74, 6) is 0. The Morgan fingerprint density at radius 2 is 2.00 bits per heavy atom. The Kier molecular flexibility index (Phi) is 3.92. The monoisotopic (exact) mass is 184 g/mol. The SMILES string of the molecule is CCOC(OCC)c1nc[nH]c1C. The summed E-state index contributed by atoms with van der Waals surface area (Å²) in [5, 5.41) is 0. The van der Waals surface area contributed by atoms with Crippen LogP contribution in [0.15, 0.2) is 6.33 Å². The summed E-state index contributed by atoms with van der Waals surface area (Å²) in [6, 6.07) is 0. The first-order valence-electron chi connectivity index (χ1n) is 4.52. The van der Waals surface area contributed by atoms with E-state index in [2.05, 4.69) is 9.97 Å². The Hall–Kier alpha value is -0.870. The molecule has 0 atom stereocenters. The number of H-pyrrole nitrogens is 1. The molecule has 1 rings (SSSR count). The maximum Gasteiger partial charge on any atom is 0.202 e. The molecule has 0 saturated heterocycles. The standard InChI is InChI=1S/C9H16N2O2/c1-4-12-9(13-5-2)8-7(3)10-6-11-8/h6,9H,4-5H2,1-3H3,(H,10,11). The Morgan fingerprint density at radius 1 is 1.38 bits per heavy atom. The predicted molar refractivity (Wildman–Crippen MR) is 49.3 cm³/mol. The molecule has 4 heteroatoms. The van der Waals surface area contributed by atoms with E-state index in [4.69, 9.17) is 9.47 Å². The lowest BCUT2D eigenvalue weighted by Crippen LogP contribution is -2.10. The van der Waals surface area contributed by atoms with Gasteiger partial charge in [-0.2, -0.15) is 0 Å². The average molecular weight is 184 g/mol. The highest BCUT2D eigenvalue weighted by Crippen LogP contribution is 2.18. The van der Waals surface area contributed by atoms with Crippen LogP contribution >= 0.6 is 0 Å². The number of ether oxygens (including phenoxy) is 2. The fraction of sp³-hybridized carbons (Fsp3) is 0.667. The van der Waals surface area contributed by atoms with Gasteiger partial charge in [-0.15, -0.1) is 0 Å². The van der Waals surface area contributed by atoms with Crippen molar-refractivity contribution in [1.82, 2.24) is 9.97 Å². The van der Waals surface area contributed by atoms with Gasteiger partial charge in [0.15, 0.2) is 0 Å². The number of aromatic nitrogens is 2. The summed E-state index contributed by atoms with van der Waals surface area (Å²) in [7, 11) is 0. The third kappa shape index (κ3) is 2.54. The highest BCUT2D eigenvalue weighted by molar-refractivity contribution is 5.09. The van der Waals surface area contributed by atoms with Crippen molar-refractivity contribution in [3.63, 3.8) is 0 Å². The molecule has 1 aromatic heterocycles. The van der Waals surface area contributed by atoms with Crippen molar-refractivity contribution in [3.8, 4) is 0 Å². The lowest BCUT2D eigenvalue weighted by atomic mass is 10.3. The van der Waals surface area contributed by atoms with Gasteiger partial charge in [0, 0.05) is 18.9 Å². The van der Waals surface area contributed by atoms with Crippen LogP contribution in [-0.4, -0.2) is 23.2 Å². The van der Waals surface area contributed by atoms with Gasteiger partial charge in [0.25, 0.3) is 0 Å². The van der Waals surface area contributed by atoms with Gasteiger partial charge in [-0.05, 0) is 20.8 Å². The Bertz CT molecular complexity index is 242. The molecule has 0 aliphatic rings. The highest BCUT2D eigenvalue weighted by Gasteiger charge is 2.15. The number of nitrogens with zero attached hydrogens (tertiary/aromatic N) is 1. The van der Waals surface area contributed by atoms with E-state index in [9.17, 15) is 0 Å². The van der Waals surface area contributed by atoms with Crippen molar-refractivity contribution in [1.29, 1.82) is 0 Å². The summed E-state index contributed by atoms with van der Waals surface area (Å²) in [4.78, 5) is 7.14. The molecule has 0 amide bonds. The van der Waals surface area contributed by atoms with E-state index in [1.807, 2.05) is 20.8 Å². The maximum absolute atomic E-state index is 5.40. The minimum Gasteiger partial charge on any atom is -0.348 e. The first-order chi connectivity index (χ1) is 6.29. The van der Waals surface area contributed by atoms with Crippen molar-refractivity contribution < 1.29 is 9.47 Å². The fourth-order valence-corrected chi connectivity index (χ4v) is 1.12. The van der Waals surface area contributed by atoms with Crippen LogP contribution in [0.1, 0.15) is 31.5 Å². The molecular formula is C9H16N2O2. The molecule has 13 heavy (non-hydrogen) atoms. The molecule has 1 N–H and O–H groups in total. The number of hydrogen-bond donors (Lipinski definition) is 1. The molecule has 0 spiro atoms. The van der Waals surface area contributed by atoms with Crippen molar-refractivity contribution in [2.45, 2.75) is 27.1 Å². The zero-order chi connectivity index (χ0) is 9.68. The fourth-order valence-electron chi connectivity index (χ4n) is 1.12. The van der Waals surface area contributed by atoms with E-state index in [0.29, 0.717) is 13.2 Å². The molecule has 0 aliphatic heterocycles. The van der Waals surface area contributed by atoms with Crippen molar-refractivity contribution in [3.05, 3.63) is 17.7 Å². The maximum atomic E-state index is 5.40. The van der Waals surface area contributed by atoms with Crippen molar-refractivity contribution >= 4 is 0 Å². The topological polar surface area (TPSA) is 47.1 Å². The van der Waals surface area contributed by atoms with Gasteiger partial charge < -0.3 is 14.5 Å². The van der Waals surface area contributed by atoms with Gasteiger partial charge in [-0.1, -0.05) is 0 Å². The van der Waals surface area contributed by atoms with Gasteiger partial charge in [-0.3, -0.25) is 0 Å². The summed E-state index contributed by atoms with van der Waals surface area (Å²) in [6.45, 7) is 7.07. The zero-order valence-corrected chi connectivity index (χ0v) is 8.33. The molecular weight excluding hydrogens is 168 g/mol. The molecule has 0 bridgehead atoms. The third-order valence-electron chi connectivity index (χ3n) is 1.73. The highest BCUT2D eigenvalue weighted by atomic mass is 16.7. The van der Waals surface area contributed by atoms with Crippen LogP contribution < -0.4 is 0 Å². The molecule has 1 heterocycles. The summed E-state index contributed by atoms with van der Waals surface area (Å²) in [5.41, 5.74) is 1.83. The molecule has 74 valence electrons. The molecule has 1 aromatic rings. The Morgan fingerprint density at radius 3 is 2.38 bits per heavy atom. The molecule has 0 fully saturated rings. The zero-order valence-electron chi connectivity index (χ0n) is 8.33. The molecule has 0 aliphatic carbocycles. The predicted octanol–water partition coefficient (Wildman–Crippen LogP) is 1.79. The molecule has 0 saturated carbocycles. The second-order valence-electron chi connectivity index (χ2n) is 2.66.